The van der Waals surface area contributed by atoms with E-state index in [1.807, 2.05) is 19.9 Å². The predicted molar refractivity (Wildman–Crippen MR) is 105 cm³/mol. The van der Waals surface area contributed by atoms with Crippen LogP contribution in [0, 0.1) is 19.7 Å². The quantitative estimate of drug-likeness (QED) is 0.700. The van der Waals surface area contributed by atoms with Gasteiger partial charge in [-0.15, -0.1) is 0 Å². The molecule has 1 saturated heterocycles. The predicted octanol–water partition coefficient (Wildman–Crippen LogP) is 1.50. The molecule has 0 radical (unpaired) electrons. The second kappa shape index (κ2) is 7.59. The molecule has 1 aromatic carbocycles. The normalized spacial score (nSPS) is 16.8. The van der Waals surface area contributed by atoms with Gasteiger partial charge < -0.3 is 10.2 Å². The maximum absolute atomic E-state index is 13.5. The molecule has 1 unspecified atom stereocenters. The summed E-state index contributed by atoms with van der Waals surface area (Å²) in [6.07, 6.45) is 0. The number of nitrogens with one attached hydrogen (secondary N) is 2. The largest absolute Gasteiger partial charge is 0.334 e. The molecule has 8 nitrogen and oxygen atoms in total. The molecule has 4 rings (SSSR count). The molecule has 2 aromatic heterocycles. The molecule has 3 heterocycles. The minimum atomic E-state index is -0.407. The Kier molecular flexibility index (Phi) is 4.98. The van der Waals surface area contributed by atoms with Crippen LogP contribution in [0.3, 0.4) is 0 Å². The number of hydrogen-bond acceptors (Lipinski definition) is 5. The zero-order chi connectivity index (χ0) is 20.5. The first-order valence-corrected chi connectivity index (χ1v) is 9.33. The zero-order valence-electron chi connectivity index (χ0n) is 16.1. The first-order chi connectivity index (χ1) is 13.9. The van der Waals surface area contributed by atoms with E-state index in [-0.39, 0.29) is 29.4 Å². The highest BCUT2D eigenvalue weighted by atomic mass is 19.1. The third-order valence-electron chi connectivity index (χ3n) is 4.84. The van der Waals surface area contributed by atoms with Gasteiger partial charge in [0.1, 0.15) is 11.5 Å². The van der Waals surface area contributed by atoms with E-state index in [2.05, 4.69) is 20.4 Å². The first kappa shape index (κ1) is 19.0. The molecule has 1 atom stereocenters. The van der Waals surface area contributed by atoms with Gasteiger partial charge in [-0.05, 0) is 37.6 Å². The molecule has 9 heteroatoms. The molecule has 1 amide bonds. The smallest absolute Gasteiger partial charge is 0.274 e. The van der Waals surface area contributed by atoms with E-state index in [0.717, 1.165) is 17.0 Å². The SMILES string of the molecule is Cc1cc(C)nc(-n2[nH]c(C(=O)N3CCNC(c4cccc(F)c4)C3)cc2=O)n1. The molecular formula is C20H21FN6O2. The lowest BCUT2D eigenvalue weighted by atomic mass is 10.0. The highest BCUT2D eigenvalue weighted by Crippen LogP contribution is 2.19. The Hall–Kier alpha value is -3.33. The van der Waals surface area contributed by atoms with Crippen LogP contribution in [-0.2, 0) is 0 Å². The van der Waals surface area contributed by atoms with Gasteiger partial charge in [-0.25, -0.2) is 14.4 Å². The second-order valence-corrected chi connectivity index (χ2v) is 7.11. The van der Waals surface area contributed by atoms with Crippen molar-refractivity contribution in [2.75, 3.05) is 19.6 Å². The van der Waals surface area contributed by atoms with Gasteiger partial charge >= 0.3 is 0 Å². The fourth-order valence-electron chi connectivity index (χ4n) is 3.51. The summed E-state index contributed by atoms with van der Waals surface area (Å²) in [5.74, 6) is -0.416. The molecule has 1 aliphatic rings. The Bertz CT molecular complexity index is 1100. The van der Waals surface area contributed by atoms with Crippen molar-refractivity contribution in [2.24, 2.45) is 0 Å². The van der Waals surface area contributed by atoms with E-state index in [4.69, 9.17) is 0 Å². The number of benzene rings is 1. The van der Waals surface area contributed by atoms with Crippen LogP contribution in [0.25, 0.3) is 5.95 Å². The minimum absolute atomic E-state index is 0.164. The summed E-state index contributed by atoms with van der Waals surface area (Å²) in [5.41, 5.74) is 1.98. The molecule has 0 aliphatic carbocycles. The molecule has 0 spiro atoms. The lowest BCUT2D eigenvalue weighted by Crippen LogP contribution is -2.48. The molecule has 2 N–H and O–H groups in total. The van der Waals surface area contributed by atoms with Crippen molar-refractivity contribution in [3.05, 3.63) is 75.2 Å². The number of carbonyl (C=O) groups is 1. The summed E-state index contributed by atoms with van der Waals surface area (Å²) in [6.45, 7) is 5.04. The molecule has 150 valence electrons. The third-order valence-corrected chi connectivity index (χ3v) is 4.84. The summed E-state index contributed by atoms with van der Waals surface area (Å²) in [5, 5.41) is 6.12. The van der Waals surface area contributed by atoms with Crippen LogP contribution >= 0.6 is 0 Å². The summed E-state index contributed by atoms with van der Waals surface area (Å²) < 4.78 is 14.7. The van der Waals surface area contributed by atoms with Crippen LogP contribution in [0.5, 0.6) is 0 Å². The summed E-state index contributed by atoms with van der Waals surface area (Å²) in [4.78, 5) is 35.5. The van der Waals surface area contributed by atoms with Crippen LogP contribution in [-0.4, -0.2) is 50.2 Å². The molecule has 1 aliphatic heterocycles. The number of hydrogen-bond donors (Lipinski definition) is 2. The molecule has 1 fully saturated rings. The van der Waals surface area contributed by atoms with E-state index < -0.39 is 5.56 Å². The van der Waals surface area contributed by atoms with Gasteiger partial charge in [-0.1, -0.05) is 12.1 Å². The number of H-pyrrole nitrogens is 1. The third kappa shape index (κ3) is 3.95. The van der Waals surface area contributed by atoms with Crippen molar-refractivity contribution < 1.29 is 9.18 Å². The summed E-state index contributed by atoms with van der Waals surface area (Å²) in [6, 6.07) is 9.19. The van der Waals surface area contributed by atoms with Crippen molar-refractivity contribution in [1.82, 2.24) is 30.0 Å². The summed E-state index contributed by atoms with van der Waals surface area (Å²) in [7, 11) is 0. The Labute approximate surface area is 166 Å². The Morgan fingerprint density at radius 2 is 1.93 bits per heavy atom. The number of aromatic nitrogens is 4. The van der Waals surface area contributed by atoms with Gasteiger partial charge in [-0.3, -0.25) is 14.7 Å². The Balaban J connectivity index is 1.57. The van der Waals surface area contributed by atoms with Crippen LogP contribution in [0.1, 0.15) is 33.5 Å². The number of rotatable bonds is 3. The molecule has 0 bridgehead atoms. The summed E-state index contributed by atoms with van der Waals surface area (Å²) >= 11 is 0. The van der Waals surface area contributed by atoms with Gasteiger partial charge in [-0.2, -0.15) is 4.68 Å². The Morgan fingerprint density at radius 3 is 2.66 bits per heavy atom. The van der Waals surface area contributed by atoms with Crippen molar-refractivity contribution in [3.8, 4) is 5.95 Å². The molecule has 0 saturated carbocycles. The van der Waals surface area contributed by atoms with Crippen LogP contribution in [0.4, 0.5) is 4.39 Å². The lowest BCUT2D eigenvalue weighted by molar-refractivity contribution is 0.0696. The monoisotopic (exact) mass is 396 g/mol. The Morgan fingerprint density at radius 1 is 1.17 bits per heavy atom. The highest BCUT2D eigenvalue weighted by molar-refractivity contribution is 5.92. The topological polar surface area (TPSA) is 95.9 Å². The van der Waals surface area contributed by atoms with E-state index in [1.165, 1.54) is 22.9 Å². The highest BCUT2D eigenvalue weighted by Gasteiger charge is 2.27. The van der Waals surface area contributed by atoms with Crippen molar-refractivity contribution in [2.45, 2.75) is 19.9 Å². The number of nitrogens with zero attached hydrogens (tertiary/aromatic N) is 4. The van der Waals surface area contributed by atoms with Crippen molar-refractivity contribution in [1.29, 1.82) is 0 Å². The molecule has 29 heavy (non-hydrogen) atoms. The van der Waals surface area contributed by atoms with Crippen LogP contribution < -0.4 is 10.9 Å². The van der Waals surface area contributed by atoms with E-state index >= 15 is 0 Å². The zero-order valence-corrected chi connectivity index (χ0v) is 16.1. The van der Waals surface area contributed by atoms with Crippen molar-refractivity contribution >= 4 is 5.91 Å². The van der Waals surface area contributed by atoms with Gasteiger partial charge in [0.2, 0.25) is 0 Å². The minimum Gasteiger partial charge on any atom is -0.334 e. The van der Waals surface area contributed by atoms with Crippen LogP contribution in [0.2, 0.25) is 0 Å². The average Bonchev–Trinajstić information content (AvgIpc) is 3.08. The number of aryl methyl sites for hydroxylation is 2. The second-order valence-electron chi connectivity index (χ2n) is 7.11. The molecule has 3 aromatic rings. The number of amides is 1. The van der Waals surface area contributed by atoms with E-state index in [9.17, 15) is 14.0 Å². The lowest BCUT2D eigenvalue weighted by Gasteiger charge is -2.33. The van der Waals surface area contributed by atoms with Gasteiger partial charge in [0.25, 0.3) is 17.4 Å². The van der Waals surface area contributed by atoms with Crippen LogP contribution in [0.15, 0.2) is 41.2 Å². The fraction of sp³-hybridized carbons (Fsp3) is 0.300. The number of piperazine rings is 1. The number of aromatic amines is 1. The fourth-order valence-corrected chi connectivity index (χ4v) is 3.51. The maximum atomic E-state index is 13.5. The van der Waals surface area contributed by atoms with E-state index in [1.54, 1.807) is 17.0 Å². The average molecular weight is 396 g/mol. The standard InChI is InChI=1S/C20H21FN6O2/c1-12-8-13(2)24-20(23-12)27-18(28)10-16(25-27)19(29)26-7-6-22-17(11-26)14-4-3-5-15(21)9-14/h3-5,8-10,17,22,25H,6-7,11H2,1-2H3. The van der Waals surface area contributed by atoms with Gasteiger partial charge in [0.15, 0.2) is 0 Å². The maximum Gasteiger partial charge on any atom is 0.274 e. The van der Waals surface area contributed by atoms with Crippen molar-refractivity contribution in [3.63, 3.8) is 0 Å². The van der Waals surface area contributed by atoms with Gasteiger partial charge in [0, 0.05) is 37.1 Å². The first-order valence-electron chi connectivity index (χ1n) is 9.33. The number of halogens is 1. The number of carbonyl (C=O) groups excluding carboxylic acids is 1. The molecular weight excluding hydrogens is 375 g/mol. The van der Waals surface area contributed by atoms with E-state index in [0.29, 0.717) is 19.6 Å². The van der Waals surface area contributed by atoms with Gasteiger partial charge in [0.05, 0.1) is 6.04 Å².